The Hall–Kier alpha value is -2.33. The second kappa shape index (κ2) is 6.38. The van der Waals surface area contributed by atoms with Gasteiger partial charge >= 0.3 is 0 Å². The summed E-state index contributed by atoms with van der Waals surface area (Å²) < 4.78 is 2.21. The quantitative estimate of drug-likeness (QED) is 0.697. The lowest BCUT2D eigenvalue weighted by Gasteiger charge is -2.40. The van der Waals surface area contributed by atoms with E-state index in [1.807, 2.05) is 18.2 Å². The summed E-state index contributed by atoms with van der Waals surface area (Å²) in [6, 6.07) is 12.4. The third-order valence-electron chi connectivity index (χ3n) is 6.70. The second-order valence-electron chi connectivity index (χ2n) is 8.50. The smallest absolute Gasteiger partial charge is 0.272 e. The van der Waals surface area contributed by atoms with E-state index in [4.69, 9.17) is 0 Å². The van der Waals surface area contributed by atoms with Crippen molar-refractivity contribution in [3.8, 4) is 5.69 Å². The van der Waals surface area contributed by atoms with E-state index in [-0.39, 0.29) is 11.1 Å². The molecule has 2 aliphatic carbocycles. The molecule has 0 saturated heterocycles. The number of nitrogens with one attached hydrogen (secondary N) is 2. The predicted octanol–water partition coefficient (Wildman–Crippen LogP) is 4.62. The van der Waals surface area contributed by atoms with Crippen molar-refractivity contribution in [1.82, 2.24) is 14.9 Å². The summed E-state index contributed by atoms with van der Waals surface area (Å²) in [6.07, 6.45) is 9.31. The normalized spacial score (nSPS) is 19.0. The standard InChI is InChI=1S/C23H27N3O/c1-23(12-6-13-23)25-15-19-20(16-7-5-8-16)18-11-14-24-22(27)21(18)26(19)17-9-3-2-4-10-17/h2-4,9-11,14,16,25H,5-8,12-13,15H2,1H3,(H,24,27). The number of fused-ring (bicyclic) bond motifs is 1. The van der Waals surface area contributed by atoms with E-state index in [1.165, 1.54) is 49.8 Å². The van der Waals surface area contributed by atoms with Crippen molar-refractivity contribution in [2.45, 2.75) is 63.5 Å². The zero-order valence-corrected chi connectivity index (χ0v) is 15.9. The highest BCUT2D eigenvalue weighted by Gasteiger charge is 2.34. The summed E-state index contributed by atoms with van der Waals surface area (Å²) >= 11 is 0. The van der Waals surface area contributed by atoms with Crippen LogP contribution in [0.25, 0.3) is 16.6 Å². The van der Waals surface area contributed by atoms with Crippen LogP contribution in [0.4, 0.5) is 0 Å². The molecule has 4 nitrogen and oxygen atoms in total. The Morgan fingerprint density at radius 2 is 1.93 bits per heavy atom. The Morgan fingerprint density at radius 3 is 2.56 bits per heavy atom. The lowest BCUT2D eigenvalue weighted by molar-refractivity contribution is 0.205. The highest BCUT2D eigenvalue weighted by molar-refractivity contribution is 5.87. The van der Waals surface area contributed by atoms with Crippen molar-refractivity contribution in [3.63, 3.8) is 0 Å². The molecule has 2 saturated carbocycles. The maximum atomic E-state index is 12.8. The summed E-state index contributed by atoms with van der Waals surface area (Å²) in [5.41, 5.74) is 4.76. The van der Waals surface area contributed by atoms with Gasteiger partial charge in [0.15, 0.2) is 0 Å². The maximum Gasteiger partial charge on any atom is 0.272 e. The average Bonchev–Trinajstić information content (AvgIpc) is 2.93. The predicted molar refractivity (Wildman–Crippen MR) is 110 cm³/mol. The molecule has 27 heavy (non-hydrogen) atoms. The highest BCUT2D eigenvalue weighted by Crippen LogP contribution is 2.43. The Kier molecular flexibility index (Phi) is 3.97. The first kappa shape index (κ1) is 16.8. The number of aromatic amines is 1. The van der Waals surface area contributed by atoms with Gasteiger partial charge in [0.2, 0.25) is 0 Å². The molecule has 0 aliphatic heterocycles. The molecule has 140 valence electrons. The van der Waals surface area contributed by atoms with Gasteiger partial charge in [-0.15, -0.1) is 0 Å². The Bertz CT molecular complexity index is 1020. The van der Waals surface area contributed by atoms with E-state index in [1.54, 1.807) is 6.20 Å². The van der Waals surface area contributed by atoms with Gasteiger partial charge in [0, 0.05) is 35.0 Å². The Labute approximate surface area is 159 Å². The molecule has 2 aromatic heterocycles. The highest BCUT2D eigenvalue weighted by atomic mass is 16.1. The molecular weight excluding hydrogens is 334 g/mol. The van der Waals surface area contributed by atoms with Gasteiger partial charge < -0.3 is 14.9 Å². The number of para-hydroxylation sites is 1. The molecule has 3 aromatic rings. The molecule has 0 amide bonds. The summed E-state index contributed by atoms with van der Waals surface area (Å²) in [5, 5.41) is 4.94. The molecule has 2 aliphatic rings. The van der Waals surface area contributed by atoms with Crippen LogP contribution in [-0.2, 0) is 6.54 Å². The van der Waals surface area contributed by atoms with Gasteiger partial charge in [-0.1, -0.05) is 24.6 Å². The number of hydrogen-bond donors (Lipinski definition) is 2. The molecule has 0 spiro atoms. The summed E-state index contributed by atoms with van der Waals surface area (Å²) in [5.74, 6) is 0.574. The zero-order valence-electron chi connectivity index (χ0n) is 15.9. The van der Waals surface area contributed by atoms with Crippen molar-refractivity contribution in [1.29, 1.82) is 0 Å². The van der Waals surface area contributed by atoms with E-state index in [9.17, 15) is 4.79 Å². The van der Waals surface area contributed by atoms with E-state index in [0.29, 0.717) is 5.92 Å². The van der Waals surface area contributed by atoms with Gasteiger partial charge in [0.25, 0.3) is 5.56 Å². The van der Waals surface area contributed by atoms with E-state index in [2.05, 4.69) is 40.0 Å². The van der Waals surface area contributed by atoms with E-state index in [0.717, 1.165) is 23.1 Å². The fourth-order valence-corrected chi connectivity index (χ4v) is 4.69. The van der Waals surface area contributed by atoms with Crippen LogP contribution in [-0.4, -0.2) is 15.1 Å². The summed E-state index contributed by atoms with van der Waals surface area (Å²) in [4.78, 5) is 15.7. The zero-order chi connectivity index (χ0) is 18.4. The number of hydrogen-bond acceptors (Lipinski definition) is 2. The van der Waals surface area contributed by atoms with Gasteiger partial charge in [-0.05, 0) is 68.7 Å². The summed E-state index contributed by atoms with van der Waals surface area (Å²) in [6.45, 7) is 3.13. The molecule has 0 bridgehead atoms. The number of pyridine rings is 1. The van der Waals surface area contributed by atoms with Crippen LogP contribution >= 0.6 is 0 Å². The third kappa shape index (κ3) is 2.74. The largest absolute Gasteiger partial charge is 0.327 e. The first-order valence-electron chi connectivity index (χ1n) is 10.2. The van der Waals surface area contributed by atoms with Crippen LogP contribution < -0.4 is 10.9 Å². The fraction of sp³-hybridized carbons (Fsp3) is 0.435. The molecule has 5 rings (SSSR count). The summed E-state index contributed by atoms with van der Waals surface area (Å²) in [7, 11) is 0. The Morgan fingerprint density at radius 1 is 1.15 bits per heavy atom. The number of aromatic nitrogens is 2. The monoisotopic (exact) mass is 361 g/mol. The molecule has 2 heterocycles. The maximum absolute atomic E-state index is 12.8. The van der Waals surface area contributed by atoms with Crippen molar-refractivity contribution >= 4 is 10.9 Å². The first-order chi connectivity index (χ1) is 13.2. The minimum Gasteiger partial charge on any atom is -0.327 e. The number of rotatable bonds is 5. The van der Waals surface area contributed by atoms with Crippen LogP contribution in [0.5, 0.6) is 0 Å². The van der Waals surface area contributed by atoms with Gasteiger partial charge in [-0.2, -0.15) is 0 Å². The molecule has 0 atom stereocenters. The van der Waals surface area contributed by atoms with Crippen molar-refractivity contribution in [3.05, 3.63) is 64.2 Å². The molecule has 2 N–H and O–H groups in total. The molecule has 0 unspecified atom stereocenters. The van der Waals surface area contributed by atoms with Crippen molar-refractivity contribution < 1.29 is 0 Å². The average molecular weight is 361 g/mol. The minimum atomic E-state index is -0.00182. The van der Waals surface area contributed by atoms with E-state index >= 15 is 0 Å². The second-order valence-corrected chi connectivity index (χ2v) is 8.50. The lowest BCUT2D eigenvalue weighted by atomic mass is 9.77. The molecular formula is C23H27N3O. The molecule has 2 fully saturated rings. The molecule has 0 radical (unpaired) electrons. The van der Waals surface area contributed by atoms with Crippen LogP contribution in [0.3, 0.4) is 0 Å². The topological polar surface area (TPSA) is 49.8 Å². The van der Waals surface area contributed by atoms with Gasteiger partial charge in [-0.25, -0.2) is 0 Å². The minimum absolute atomic E-state index is 0.00182. The third-order valence-corrected chi connectivity index (χ3v) is 6.70. The number of benzene rings is 1. The van der Waals surface area contributed by atoms with Crippen LogP contribution in [0.1, 0.15) is 62.6 Å². The van der Waals surface area contributed by atoms with Crippen LogP contribution in [0.15, 0.2) is 47.4 Å². The molecule has 4 heteroatoms. The van der Waals surface area contributed by atoms with Crippen LogP contribution in [0.2, 0.25) is 0 Å². The number of nitrogens with zero attached hydrogens (tertiary/aromatic N) is 1. The molecule has 1 aromatic carbocycles. The van der Waals surface area contributed by atoms with Gasteiger partial charge in [0.05, 0.1) is 0 Å². The van der Waals surface area contributed by atoms with Gasteiger partial charge in [-0.3, -0.25) is 4.79 Å². The first-order valence-corrected chi connectivity index (χ1v) is 10.2. The van der Waals surface area contributed by atoms with Crippen LogP contribution in [0, 0.1) is 0 Å². The number of H-pyrrole nitrogens is 1. The van der Waals surface area contributed by atoms with Crippen molar-refractivity contribution in [2.24, 2.45) is 0 Å². The van der Waals surface area contributed by atoms with E-state index < -0.39 is 0 Å². The lowest BCUT2D eigenvalue weighted by Crippen LogP contribution is -2.48. The van der Waals surface area contributed by atoms with Gasteiger partial charge in [0.1, 0.15) is 5.52 Å². The fourth-order valence-electron chi connectivity index (χ4n) is 4.69. The SMILES string of the molecule is CC1(NCc2c(C3CCC3)c3cc[nH]c(=O)c3n2-c2ccccc2)CCC1. The Balaban J connectivity index is 1.73. The van der Waals surface area contributed by atoms with Crippen molar-refractivity contribution in [2.75, 3.05) is 0 Å².